The molecule has 0 saturated carbocycles. The average Bonchev–Trinajstić information content (AvgIpc) is 2.50. The fourth-order valence-corrected chi connectivity index (χ4v) is 2.68. The lowest BCUT2D eigenvalue weighted by molar-refractivity contribution is 0.612. The first kappa shape index (κ1) is 14.2. The van der Waals surface area contributed by atoms with Crippen molar-refractivity contribution in [1.29, 1.82) is 0 Å². The zero-order valence-electron chi connectivity index (χ0n) is 11.3. The van der Waals surface area contributed by atoms with Gasteiger partial charge in [0, 0.05) is 17.6 Å². The van der Waals surface area contributed by atoms with Gasteiger partial charge in [-0.3, -0.25) is 4.98 Å². The van der Waals surface area contributed by atoms with Gasteiger partial charge in [-0.1, -0.05) is 24.3 Å². The third kappa shape index (κ3) is 2.96. The topological polar surface area (TPSA) is 38.9 Å². The van der Waals surface area contributed by atoms with Crippen LogP contribution in [0.3, 0.4) is 0 Å². The van der Waals surface area contributed by atoms with Gasteiger partial charge in [-0.15, -0.1) is 0 Å². The summed E-state index contributed by atoms with van der Waals surface area (Å²) in [5.41, 5.74) is 9.09. The summed E-state index contributed by atoms with van der Waals surface area (Å²) in [6.45, 7) is 0. The Morgan fingerprint density at radius 3 is 2.76 bits per heavy atom. The van der Waals surface area contributed by atoms with E-state index >= 15 is 0 Å². The number of benzene rings is 2. The fourth-order valence-electron chi connectivity index (χ4n) is 2.43. The van der Waals surface area contributed by atoms with Crippen molar-refractivity contribution in [2.75, 3.05) is 0 Å². The molecule has 2 nitrogen and oxygen atoms in total. The van der Waals surface area contributed by atoms with Crippen LogP contribution in [0.5, 0.6) is 0 Å². The molecule has 0 radical (unpaired) electrons. The molecule has 1 aromatic heterocycles. The molecular formula is C17H14BrFN2. The zero-order valence-corrected chi connectivity index (χ0v) is 12.8. The van der Waals surface area contributed by atoms with Crippen molar-refractivity contribution in [3.63, 3.8) is 0 Å². The summed E-state index contributed by atoms with van der Waals surface area (Å²) in [5.74, 6) is -0.289. The molecule has 0 aliphatic heterocycles. The molecule has 21 heavy (non-hydrogen) atoms. The van der Waals surface area contributed by atoms with Crippen LogP contribution in [0.15, 0.2) is 59.2 Å². The smallest absolute Gasteiger partial charge is 0.137 e. The molecule has 0 saturated heterocycles. The van der Waals surface area contributed by atoms with Crippen molar-refractivity contribution in [2.45, 2.75) is 12.5 Å². The maximum atomic E-state index is 13.6. The van der Waals surface area contributed by atoms with E-state index < -0.39 is 0 Å². The van der Waals surface area contributed by atoms with Gasteiger partial charge in [0.1, 0.15) is 5.82 Å². The van der Waals surface area contributed by atoms with Gasteiger partial charge in [-0.25, -0.2) is 4.39 Å². The van der Waals surface area contributed by atoms with Gasteiger partial charge >= 0.3 is 0 Å². The highest BCUT2D eigenvalue weighted by Gasteiger charge is 2.11. The van der Waals surface area contributed by atoms with Crippen LogP contribution >= 0.6 is 15.9 Å². The molecule has 0 bridgehead atoms. The lowest BCUT2D eigenvalue weighted by Crippen LogP contribution is -2.14. The van der Waals surface area contributed by atoms with Crippen LogP contribution in [-0.2, 0) is 6.42 Å². The molecule has 1 heterocycles. The van der Waals surface area contributed by atoms with Crippen LogP contribution in [0.25, 0.3) is 10.9 Å². The number of para-hydroxylation sites is 1. The molecule has 3 aromatic rings. The Hall–Kier alpha value is -1.78. The molecule has 0 amide bonds. The Kier molecular flexibility index (Phi) is 3.99. The van der Waals surface area contributed by atoms with Crippen molar-refractivity contribution in [3.05, 3.63) is 76.1 Å². The van der Waals surface area contributed by atoms with Gasteiger partial charge in [-0.2, -0.15) is 0 Å². The number of nitrogens with zero attached hydrogens (tertiary/aromatic N) is 1. The van der Waals surface area contributed by atoms with Crippen molar-refractivity contribution >= 4 is 26.8 Å². The van der Waals surface area contributed by atoms with E-state index in [1.54, 1.807) is 12.3 Å². The van der Waals surface area contributed by atoms with Crippen LogP contribution in [0, 0.1) is 5.82 Å². The van der Waals surface area contributed by atoms with E-state index in [4.69, 9.17) is 5.73 Å². The molecule has 1 atom stereocenters. The molecular weight excluding hydrogens is 331 g/mol. The first-order valence-corrected chi connectivity index (χ1v) is 7.47. The number of fused-ring (bicyclic) bond motifs is 1. The Morgan fingerprint density at radius 1 is 1.14 bits per heavy atom. The lowest BCUT2D eigenvalue weighted by atomic mass is 9.97. The largest absolute Gasteiger partial charge is 0.324 e. The highest BCUT2D eigenvalue weighted by atomic mass is 79.9. The molecule has 106 valence electrons. The highest BCUT2D eigenvalue weighted by molar-refractivity contribution is 9.10. The van der Waals surface area contributed by atoms with Crippen molar-refractivity contribution in [3.8, 4) is 0 Å². The van der Waals surface area contributed by atoms with Crippen molar-refractivity contribution in [2.24, 2.45) is 5.73 Å². The number of halogens is 2. The summed E-state index contributed by atoms with van der Waals surface area (Å²) >= 11 is 3.15. The molecule has 2 N–H and O–H groups in total. The fraction of sp³-hybridized carbons (Fsp3) is 0.118. The number of rotatable bonds is 3. The number of hydrogen-bond donors (Lipinski definition) is 1. The predicted octanol–water partition coefficient (Wildman–Crippen LogP) is 4.38. The number of pyridine rings is 1. The van der Waals surface area contributed by atoms with E-state index in [9.17, 15) is 4.39 Å². The van der Waals surface area contributed by atoms with Gasteiger partial charge in [0.2, 0.25) is 0 Å². The van der Waals surface area contributed by atoms with Crippen LogP contribution in [0.4, 0.5) is 4.39 Å². The first-order valence-electron chi connectivity index (χ1n) is 6.68. The standard InChI is InChI=1S/C17H14BrFN2/c18-14-6-5-12(9-15(14)19)16(20)10-11-7-8-21-17-4-2-1-3-13(11)17/h1-9,16H,10,20H2. The second-order valence-corrected chi connectivity index (χ2v) is 5.83. The van der Waals surface area contributed by atoms with E-state index in [0.717, 1.165) is 22.0 Å². The Morgan fingerprint density at radius 2 is 1.95 bits per heavy atom. The maximum Gasteiger partial charge on any atom is 0.137 e. The summed E-state index contributed by atoms with van der Waals surface area (Å²) in [5, 5.41) is 1.09. The Balaban J connectivity index is 1.92. The maximum absolute atomic E-state index is 13.6. The Bertz CT molecular complexity index is 783. The molecule has 1 unspecified atom stereocenters. The summed E-state index contributed by atoms with van der Waals surface area (Å²) in [7, 11) is 0. The highest BCUT2D eigenvalue weighted by Crippen LogP contribution is 2.24. The van der Waals surface area contributed by atoms with E-state index in [1.807, 2.05) is 36.4 Å². The second kappa shape index (κ2) is 5.92. The quantitative estimate of drug-likeness (QED) is 0.765. The van der Waals surface area contributed by atoms with Crippen LogP contribution in [0.1, 0.15) is 17.2 Å². The van der Waals surface area contributed by atoms with Crippen LogP contribution in [0.2, 0.25) is 0 Å². The molecule has 4 heteroatoms. The van der Waals surface area contributed by atoms with Crippen LogP contribution in [-0.4, -0.2) is 4.98 Å². The summed E-state index contributed by atoms with van der Waals surface area (Å²) < 4.78 is 14.1. The number of hydrogen-bond acceptors (Lipinski definition) is 2. The minimum Gasteiger partial charge on any atom is -0.324 e. The predicted molar refractivity (Wildman–Crippen MR) is 86.5 cm³/mol. The molecule has 0 aliphatic carbocycles. The van der Waals surface area contributed by atoms with Gasteiger partial charge in [-0.05, 0) is 57.7 Å². The molecule has 2 aromatic carbocycles. The molecule has 3 rings (SSSR count). The minimum absolute atomic E-state index is 0.251. The van der Waals surface area contributed by atoms with E-state index in [1.165, 1.54) is 6.07 Å². The average molecular weight is 345 g/mol. The van der Waals surface area contributed by atoms with E-state index in [2.05, 4.69) is 20.9 Å². The zero-order chi connectivity index (χ0) is 14.8. The van der Waals surface area contributed by atoms with Crippen molar-refractivity contribution in [1.82, 2.24) is 4.98 Å². The van der Waals surface area contributed by atoms with Gasteiger partial charge in [0.05, 0.1) is 9.99 Å². The van der Waals surface area contributed by atoms with Gasteiger partial charge in [0.15, 0.2) is 0 Å². The number of nitrogens with two attached hydrogens (primary N) is 1. The van der Waals surface area contributed by atoms with Gasteiger partial charge in [0.25, 0.3) is 0 Å². The molecule has 0 spiro atoms. The third-order valence-electron chi connectivity index (χ3n) is 3.55. The van der Waals surface area contributed by atoms with E-state index in [0.29, 0.717) is 10.9 Å². The van der Waals surface area contributed by atoms with Crippen LogP contribution < -0.4 is 5.73 Å². The summed E-state index contributed by atoms with van der Waals surface area (Å²) in [4.78, 5) is 4.34. The summed E-state index contributed by atoms with van der Waals surface area (Å²) in [6.07, 6.45) is 2.43. The molecule has 0 fully saturated rings. The van der Waals surface area contributed by atoms with Crippen molar-refractivity contribution < 1.29 is 4.39 Å². The monoisotopic (exact) mass is 344 g/mol. The first-order chi connectivity index (χ1) is 10.1. The lowest BCUT2D eigenvalue weighted by Gasteiger charge is -2.14. The Labute approximate surface area is 130 Å². The summed E-state index contributed by atoms with van der Waals surface area (Å²) in [6, 6.07) is 14.7. The van der Waals surface area contributed by atoms with E-state index in [-0.39, 0.29) is 11.9 Å². The third-order valence-corrected chi connectivity index (χ3v) is 4.19. The minimum atomic E-state index is -0.289. The van der Waals surface area contributed by atoms with Gasteiger partial charge < -0.3 is 5.73 Å². The number of aromatic nitrogens is 1. The second-order valence-electron chi connectivity index (χ2n) is 4.97. The normalized spacial score (nSPS) is 12.5. The SMILES string of the molecule is NC(Cc1ccnc2ccccc12)c1ccc(Br)c(F)c1. The molecule has 0 aliphatic rings.